The molecule has 0 heterocycles. The molecule has 0 aliphatic heterocycles. The second-order valence-corrected chi connectivity index (χ2v) is 10.4. The van der Waals surface area contributed by atoms with Crippen LogP contribution in [0, 0.1) is 5.92 Å². The predicted octanol–water partition coefficient (Wildman–Crippen LogP) is -2.24. The highest BCUT2D eigenvalue weighted by molar-refractivity contribution is 7.98. The zero-order valence-electron chi connectivity index (χ0n) is 23.0. The van der Waals surface area contributed by atoms with Gasteiger partial charge in [0.05, 0.1) is 6.04 Å². The minimum Gasteiger partial charge on any atom is -0.480 e. The molecule has 16 heteroatoms. The number of rotatable bonds is 20. The Morgan fingerprint density at radius 1 is 0.769 bits per heavy atom. The van der Waals surface area contributed by atoms with Gasteiger partial charge in [-0.15, -0.1) is 0 Å². The molecule has 0 aliphatic rings. The van der Waals surface area contributed by atoms with E-state index < -0.39 is 47.9 Å². The zero-order valence-corrected chi connectivity index (χ0v) is 23.8. The first-order chi connectivity index (χ1) is 18.3. The van der Waals surface area contributed by atoms with E-state index in [9.17, 15) is 24.3 Å². The maximum atomic E-state index is 13.3. The summed E-state index contributed by atoms with van der Waals surface area (Å²) in [5.74, 6) is -2.57. The number of guanidine groups is 2. The summed E-state index contributed by atoms with van der Waals surface area (Å²) in [6.45, 7) is 4.25. The number of nitrogens with zero attached hydrogens (tertiary/aromatic N) is 2. The summed E-state index contributed by atoms with van der Waals surface area (Å²) in [7, 11) is 0. The number of carboxylic acids is 1. The minimum atomic E-state index is -1.19. The van der Waals surface area contributed by atoms with E-state index in [-0.39, 0.29) is 50.2 Å². The highest BCUT2D eigenvalue weighted by atomic mass is 32.2. The van der Waals surface area contributed by atoms with E-state index in [1.807, 2.05) is 20.1 Å². The van der Waals surface area contributed by atoms with Crippen LogP contribution in [0.1, 0.15) is 52.4 Å². The van der Waals surface area contributed by atoms with Crippen LogP contribution in [0.15, 0.2) is 9.98 Å². The van der Waals surface area contributed by atoms with Gasteiger partial charge < -0.3 is 49.7 Å². The van der Waals surface area contributed by atoms with Gasteiger partial charge in [-0.05, 0) is 56.5 Å². The van der Waals surface area contributed by atoms with Crippen molar-refractivity contribution in [2.75, 3.05) is 25.1 Å². The zero-order chi connectivity index (χ0) is 30.0. The number of amides is 3. The summed E-state index contributed by atoms with van der Waals surface area (Å²) < 4.78 is 0. The summed E-state index contributed by atoms with van der Waals surface area (Å²) in [5, 5.41) is 17.3. The average molecular weight is 575 g/mol. The van der Waals surface area contributed by atoms with E-state index in [1.165, 1.54) is 11.8 Å². The van der Waals surface area contributed by atoms with E-state index >= 15 is 0 Å². The van der Waals surface area contributed by atoms with Gasteiger partial charge in [-0.1, -0.05) is 13.8 Å². The van der Waals surface area contributed by atoms with Crippen molar-refractivity contribution in [3.05, 3.63) is 0 Å². The van der Waals surface area contributed by atoms with Crippen molar-refractivity contribution < 1.29 is 24.3 Å². The van der Waals surface area contributed by atoms with Gasteiger partial charge in [0.25, 0.3) is 0 Å². The van der Waals surface area contributed by atoms with Crippen LogP contribution in [0.2, 0.25) is 0 Å². The lowest BCUT2D eigenvalue weighted by Crippen LogP contribution is -2.57. The normalized spacial score (nSPS) is 13.9. The monoisotopic (exact) mass is 574 g/mol. The molecule has 0 aromatic rings. The highest BCUT2D eigenvalue weighted by Gasteiger charge is 2.30. The fourth-order valence-corrected chi connectivity index (χ4v) is 3.95. The Kier molecular flexibility index (Phi) is 18.1. The van der Waals surface area contributed by atoms with Crippen LogP contribution >= 0.6 is 11.8 Å². The van der Waals surface area contributed by atoms with Crippen LogP contribution < -0.4 is 44.6 Å². The molecule has 0 spiro atoms. The van der Waals surface area contributed by atoms with Crippen molar-refractivity contribution in [1.82, 2.24) is 16.0 Å². The predicted molar refractivity (Wildman–Crippen MR) is 154 cm³/mol. The van der Waals surface area contributed by atoms with Crippen molar-refractivity contribution in [3.8, 4) is 0 Å². The van der Waals surface area contributed by atoms with Crippen molar-refractivity contribution in [3.63, 3.8) is 0 Å². The molecule has 0 aromatic heterocycles. The second kappa shape index (κ2) is 19.7. The molecule has 0 saturated carbocycles. The van der Waals surface area contributed by atoms with Crippen molar-refractivity contribution in [2.24, 2.45) is 44.6 Å². The first-order valence-electron chi connectivity index (χ1n) is 12.8. The first kappa shape index (κ1) is 35.7. The Labute approximate surface area is 233 Å². The Balaban J connectivity index is 5.73. The second-order valence-electron chi connectivity index (χ2n) is 9.44. The number of carboxylic acid groups (broad SMARTS) is 1. The first-order valence-corrected chi connectivity index (χ1v) is 14.2. The fraction of sp³-hybridized carbons (Fsp3) is 0.739. The molecule has 0 fully saturated rings. The van der Waals surface area contributed by atoms with Crippen molar-refractivity contribution >= 4 is 47.4 Å². The van der Waals surface area contributed by atoms with Crippen LogP contribution in [0.3, 0.4) is 0 Å². The molecule has 3 amide bonds. The Bertz CT molecular complexity index is 847. The van der Waals surface area contributed by atoms with E-state index in [0.717, 1.165) is 0 Å². The molecule has 0 bridgehead atoms. The van der Waals surface area contributed by atoms with Gasteiger partial charge in [0.1, 0.15) is 18.1 Å². The Morgan fingerprint density at radius 3 is 1.59 bits per heavy atom. The molecule has 14 N–H and O–H groups in total. The van der Waals surface area contributed by atoms with Crippen LogP contribution in [0.5, 0.6) is 0 Å². The number of aliphatic imine (C=N–C) groups is 2. The SMILES string of the molecule is CSCCC(NC(=O)C(CCCN=C(N)N)NC(=O)C(CCCN=C(N)N)NC(=O)C(N)CC(C)C)C(=O)O. The smallest absolute Gasteiger partial charge is 0.326 e. The number of thioether (sulfide) groups is 1. The van der Waals surface area contributed by atoms with Gasteiger partial charge in [0, 0.05) is 13.1 Å². The third-order valence-corrected chi connectivity index (χ3v) is 6.09. The molecule has 0 radical (unpaired) electrons. The molecule has 39 heavy (non-hydrogen) atoms. The molecule has 0 aliphatic carbocycles. The summed E-state index contributed by atoms with van der Waals surface area (Å²) >= 11 is 1.44. The van der Waals surface area contributed by atoms with Gasteiger partial charge in [-0.2, -0.15) is 11.8 Å². The third-order valence-electron chi connectivity index (χ3n) is 5.44. The van der Waals surface area contributed by atoms with Crippen LogP contribution in [-0.4, -0.2) is 90.0 Å². The number of carbonyl (C=O) groups excluding carboxylic acids is 3. The Morgan fingerprint density at radius 2 is 1.21 bits per heavy atom. The molecule has 4 atom stereocenters. The van der Waals surface area contributed by atoms with Gasteiger partial charge in [-0.3, -0.25) is 24.4 Å². The van der Waals surface area contributed by atoms with Crippen molar-refractivity contribution in [1.29, 1.82) is 0 Å². The molecular weight excluding hydrogens is 528 g/mol. The summed E-state index contributed by atoms with van der Waals surface area (Å²) in [6.07, 6.45) is 3.39. The fourth-order valence-electron chi connectivity index (χ4n) is 3.48. The van der Waals surface area contributed by atoms with Gasteiger partial charge in [-0.25, -0.2) is 4.79 Å². The summed E-state index contributed by atoms with van der Waals surface area (Å²) in [6, 6.07) is -4.11. The molecular formula is C23H46N10O5S. The number of hydrogen-bond donors (Lipinski definition) is 9. The van der Waals surface area contributed by atoms with E-state index in [2.05, 4.69) is 25.9 Å². The minimum absolute atomic E-state index is 0.106. The molecule has 0 rings (SSSR count). The van der Waals surface area contributed by atoms with Gasteiger partial charge in [0.2, 0.25) is 17.7 Å². The maximum absolute atomic E-state index is 13.3. The number of carbonyl (C=O) groups is 4. The molecule has 4 unspecified atom stereocenters. The van der Waals surface area contributed by atoms with Gasteiger partial charge >= 0.3 is 5.97 Å². The average Bonchev–Trinajstić information content (AvgIpc) is 2.83. The molecule has 0 aromatic carbocycles. The molecule has 15 nitrogen and oxygen atoms in total. The lowest BCUT2D eigenvalue weighted by atomic mass is 10.0. The summed E-state index contributed by atoms with van der Waals surface area (Å²) in [4.78, 5) is 58.4. The maximum Gasteiger partial charge on any atom is 0.326 e. The topological polar surface area (TPSA) is 279 Å². The highest BCUT2D eigenvalue weighted by Crippen LogP contribution is 2.08. The van der Waals surface area contributed by atoms with Crippen LogP contribution in [-0.2, 0) is 19.2 Å². The van der Waals surface area contributed by atoms with E-state index in [0.29, 0.717) is 25.0 Å². The van der Waals surface area contributed by atoms with E-state index in [4.69, 9.17) is 28.7 Å². The van der Waals surface area contributed by atoms with E-state index in [1.54, 1.807) is 0 Å². The molecule has 224 valence electrons. The Hall–Kier alpha value is -3.27. The number of nitrogens with two attached hydrogens (primary N) is 5. The number of hydrogen-bond acceptors (Lipinski definition) is 8. The lowest BCUT2D eigenvalue weighted by molar-refractivity contribution is -0.142. The van der Waals surface area contributed by atoms with Crippen LogP contribution in [0.25, 0.3) is 0 Å². The molecule has 0 saturated heterocycles. The standard InChI is InChI=1S/C23H46N10O5S/c1-13(2)12-14(24)18(34)31-15(6-4-9-29-22(25)26)19(35)32-16(7-5-10-30-23(27)28)20(36)33-17(21(37)38)8-11-39-3/h13-17H,4-12,24H2,1-3H3,(H,31,34)(H,32,35)(H,33,36)(H,37,38)(H4,25,26,29)(H4,27,28,30). The lowest BCUT2D eigenvalue weighted by Gasteiger charge is -2.25. The quantitative estimate of drug-likeness (QED) is 0.0425. The third kappa shape index (κ3) is 17.0. The van der Waals surface area contributed by atoms with Crippen LogP contribution in [0.4, 0.5) is 0 Å². The number of aliphatic carboxylic acids is 1. The largest absolute Gasteiger partial charge is 0.480 e. The summed E-state index contributed by atoms with van der Waals surface area (Å²) in [5.41, 5.74) is 27.4. The number of nitrogens with one attached hydrogen (secondary N) is 3. The van der Waals surface area contributed by atoms with Gasteiger partial charge in [0.15, 0.2) is 11.9 Å². The van der Waals surface area contributed by atoms with Crippen molar-refractivity contribution in [2.45, 2.75) is 76.5 Å².